The Hall–Kier alpha value is -2.00. The van der Waals surface area contributed by atoms with Crippen molar-refractivity contribution in [2.24, 2.45) is 0 Å². The molecule has 0 fully saturated rings. The number of nitrogens with zero attached hydrogens (tertiary/aromatic N) is 3. The fourth-order valence-corrected chi connectivity index (χ4v) is 3.92. The minimum Gasteiger partial charge on any atom is -0.334 e. The molecule has 4 rings (SSSR count). The fraction of sp³-hybridized carbons (Fsp3) is 0.368. The van der Waals surface area contributed by atoms with E-state index < -0.39 is 0 Å². The first-order chi connectivity index (χ1) is 10.5. The summed E-state index contributed by atoms with van der Waals surface area (Å²) in [5.41, 5.74) is 8.31. The second-order valence-corrected chi connectivity index (χ2v) is 6.83. The van der Waals surface area contributed by atoms with Gasteiger partial charge in [-0.2, -0.15) is 0 Å². The second-order valence-electron chi connectivity index (χ2n) is 6.83. The van der Waals surface area contributed by atoms with Crippen LogP contribution in [0, 0.1) is 13.8 Å². The Labute approximate surface area is 132 Å². The maximum atomic E-state index is 2.53. The first kappa shape index (κ1) is 13.6. The Bertz CT molecular complexity index is 676. The topological polar surface area (TPSA) is 9.72 Å². The van der Waals surface area contributed by atoms with Crippen LogP contribution in [-0.4, -0.2) is 25.3 Å². The van der Waals surface area contributed by atoms with Gasteiger partial charge < -0.3 is 9.80 Å². The zero-order valence-corrected chi connectivity index (χ0v) is 13.8. The lowest BCUT2D eigenvalue weighted by molar-refractivity contribution is 0.252. The SMILES string of the molecule is Cc1ccc2c(c1)CN1c3ccc(C)cc3CN2C1N(C)C. The molecule has 3 nitrogen and oxygen atoms in total. The number of rotatable bonds is 1. The minimum absolute atomic E-state index is 0.297. The molecule has 22 heavy (non-hydrogen) atoms. The van der Waals surface area contributed by atoms with Gasteiger partial charge in [0.25, 0.3) is 0 Å². The van der Waals surface area contributed by atoms with Crippen LogP contribution < -0.4 is 9.80 Å². The Balaban J connectivity index is 1.89. The molecule has 0 amide bonds. The Morgan fingerprint density at radius 3 is 1.68 bits per heavy atom. The highest BCUT2D eigenvalue weighted by Crippen LogP contribution is 2.42. The molecule has 3 heteroatoms. The van der Waals surface area contributed by atoms with Crippen LogP contribution in [0.1, 0.15) is 22.3 Å². The van der Waals surface area contributed by atoms with Crippen molar-refractivity contribution in [3.05, 3.63) is 58.7 Å². The van der Waals surface area contributed by atoms with Crippen molar-refractivity contribution in [1.29, 1.82) is 0 Å². The van der Waals surface area contributed by atoms with Crippen LogP contribution >= 0.6 is 0 Å². The molecule has 0 saturated heterocycles. The standard InChI is InChI=1S/C19H23N3/c1-13-5-7-17-15(9-13)11-21-18-8-6-14(2)10-16(18)12-22(17)19(21)20(3)4/h5-10,19H,11-12H2,1-4H3. The van der Waals surface area contributed by atoms with Gasteiger partial charge >= 0.3 is 0 Å². The summed E-state index contributed by atoms with van der Waals surface area (Å²) in [7, 11) is 4.34. The Kier molecular flexibility index (Phi) is 2.95. The molecule has 2 heterocycles. The molecule has 2 aliphatic rings. The van der Waals surface area contributed by atoms with E-state index in [2.05, 4.69) is 79.0 Å². The Morgan fingerprint density at radius 2 is 1.27 bits per heavy atom. The summed E-state index contributed by atoms with van der Waals surface area (Å²) in [6.45, 7) is 6.31. The summed E-state index contributed by atoms with van der Waals surface area (Å²) in [4.78, 5) is 7.37. The van der Waals surface area contributed by atoms with E-state index in [0.29, 0.717) is 6.29 Å². The summed E-state index contributed by atoms with van der Waals surface area (Å²) in [5, 5.41) is 0. The molecular weight excluding hydrogens is 270 g/mol. The van der Waals surface area contributed by atoms with E-state index in [-0.39, 0.29) is 0 Å². The summed E-state index contributed by atoms with van der Waals surface area (Å²) in [6.07, 6.45) is 0.297. The molecule has 0 N–H and O–H groups in total. The van der Waals surface area contributed by atoms with Crippen LogP contribution in [0.2, 0.25) is 0 Å². The lowest BCUT2D eigenvalue weighted by atomic mass is 9.98. The molecular formula is C19H23N3. The van der Waals surface area contributed by atoms with Crippen LogP contribution in [0.25, 0.3) is 0 Å². The second kappa shape index (κ2) is 4.75. The average Bonchev–Trinajstić information content (AvgIpc) is 2.45. The highest BCUT2D eigenvalue weighted by molar-refractivity contribution is 5.69. The zero-order chi connectivity index (χ0) is 15.4. The van der Waals surface area contributed by atoms with Crippen molar-refractivity contribution in [1.82, 2.24) is 4.90 Å². The zero-order valence-electron chi connectivity index (χ0n) is 13.8. The van der Waals surface area contributed by atoms with Crippen molar-refractivity contribution in [2.75, 3.05) is 23.9 Å². The molecule has 2 aliphatic heterocycles. The third-order valence-corrected chi connectivity index (χ3v) is 4.79. The number of fused-ring (bicyclic) bond motifs is 6. The first-order valence-corrected chi connectivity index (χ1v) is 7.93. The quantitative estimate of drug-likeness (QED) is 0.797. The third-order valence-electron chi connectivity index (χ3n) is 4.79. The predicted molar refractivity (Wildman–Crippen MR) is 92.2 cm³/mol. The van der Waals surface area contributed by atoms with E-state index in [1.165, 1.54) is 33.6 Å². The normalized spacial score (nSPS) is 16.8. The van der Waals surface area contributed by atoms with Gasteiger partial charge in [-0.1, -0.05) is 35.4 Å². The van der Waals surface area contributed by atoms with Gasteiger partial charge in [-0.15, -0.1) is 0 Å². The van der Waals surface area contributed by atoms with E-state index in [9.17, 15) is 0 Å². The predicted octanol–water partition coefficient (Wildman–Crippen LogP) is 3.49. The fourth-order valence-electron chi connectivity index (χ4n) is 3.92. The molecule has 0 aliphatic carbocycles. The van der Waals surface area contributed by atoms with Gasteiger partial charge in [0.15, 0.2) is 6.29 Å². The summed E-state index contributed by atoms with van der Waals surface area (Å²) in [5.74, 6) is 0. The van der Waals surface area contributed by atoms with E-state index >= 15 is 0 Å². The summed E-state index contributed by atoms with van der Waals surface area (Å²) >= 11 is 0. The van der Waals surface area contributed by atoms with Gasteiger partial charge in [0.2, 0.25) is 0 Å². The molecule has 0 radical (unpaired) electrons. The van der Waals surface area contributed by atoms with Gasteiger partial charge in [-0.3, -0.25) is 4.90 Å². The van der Waals surface area contributed by atoms with E-state index in [4.69, 9.17) is 0 Å². The minimum atomic E-state index is 0.297. The lowest BCUT2D eigenvalue weighted by Gasteiger charge is -2.53. The third kappa shape index (κ3) is 1.92. The van der Waals surface area contributed by atoms with Crippen molar-refractivity contribution in [3.63, 3.8) is 0 Å². The lowest BCUT2D eigenvalue weighted by Crippen LogP contribution is -2.61. The highest BCUT2D eigenvalue weighted by atomic mass is 15.5. The van der Waals surface area contributed by atoms with Gasteiger partial charge in [-0.05, 0) is 51.2 Å². The molecule has 0 unspecified atom stereocenters. The van der Waals surface area contributed by atoms with E-state index in [1.807, 2.05) is 0 Å². The molecule has 0 spiro atoms. The average molecular weight is 293 g/mol. The molecule has 114 valence electrons. The number of hydrogen-bond acceptors (Lipinski definition) is 3. The van der Waals surface area contributed by atoms with Crippen molar-refractivity contribution in [3.8, 4) is 0 Å². The van der Waals surface area contributed by atoms with Crippen LogP contribution in [0.3, 0.4) is 0 Å². The van der Waals surface area contributed by atoms with Crippen molar-refractivity contribution < 1.29 is 0 Å². The van der Waals surface area contributed by atoms with Gasteiger partial charge in [0.05, 0.1) is 0 Å². The van der Waals surface area contributed by atoms with Gasteiger partial charge in [0, 0.05) is 24.5 Å². The molecule has 0 saturated carbocycles. The van der Waals surface area contributed by atoms with Crippen LogP contribution in [0.5, 0.6) is 0 Å². The van der Waals surface area contributed by atoms with Crippen LogP contribution in [0.4, 0.5) is 11.4 Å². The van der Waals surface area contributed by atoms with E-state index in [1.54, 1.807) is 0 Å². The molecule has 2 aromatic carbocycles. The van der Waals surface area contributed by atoms with Crippen LogP contribution in [-0.2, 0) is 13.1 Å². The number of anilines is 2. The smallest absolute Gasteiger partial charge is 0.160 e. The van der Waals surface area contributed by atoms with Crippen LogP contribution in [0.15, 0.2) is 36.4 Å². The summed E-state index contributed by atoms with van der Waals surface area (Å²) in [6, 6.07) is 13.7. The molecule has 2 bridgehead atoms. The highest BCUT2D eigenvalue weighted by Gasteiger charge is 2.38. The Morgan fingerprint density at radius 1 is 0.818 bits per heavy atom. The van der Waals surface area contributed by atoms with Crippen molar-refractivity contribution in [2.45, 2.75) is 33.2 Å². The molecule has 2 aromatic rings. The number of hydrogen-bond donors (Lipinski definition) is 0. The summed E-state index contributed by atoms with van der Waals surface area (Å²) < 4.78 is 0. The van der Waals surface area contributed by atoms with Crippen molar-refractivity contribution >= 4 is 11.4 Å². The van der Waals surface area contributed by atoms with Gasteiger partial charge in [0.1, 0.15) is 0 Å². The molecule has 0 atom stereocenters. The molecule has 0 aromatic heterocycles. The largest absolute Gasteiger partial charge is 0.334 e. The number of aryl methyl sites for hydroxylation is 2. The maximum Gasteiger partial charge on any atom is 0.160 e. The monoisotopic (exact) mass is 293 g/mol. The first-order valence-electron chi connectivity index (χ1n) is 7.93. The number of benzene rings is 2. The van der Waals surface area contributed by atoms with E-state index in [0.717, 1.165) is 13.1 Å². The maximum absolute atomic E-state index is 2.53. The van der Waals surface area contributed by atoms with Gasteiger partial charge in [-0.25, -0.2) is 0 Å².